The van der Waals surface area contributed by atoms with Gasteiger partial charge in [-0.25, -0.2) is 0 Å². The van der Waals surface area contributed by atoms with Crippen molar-refractivity contribution in [3.8, 4) is 0 Å². The van der Waals surface area contributed by atoms with E-state index in [1.54, 1.807) is 0 Å². The third kappa shape index (κ3) is 3.64. The molecule has 4 nitrogen and oxygen atoms in total. The molecular formula is C10H21N3O. The molecule has 1 fully saturated rings. The number of rotatable bonds is 6. The van der Waals surface area contributed by atoms with Crippen LogP contribution >= 0.6 is 0 Å². The summed E-state index contributed by atoms with van der Waals surface area (Å²) < 4.78 is 0. The van der Waals surface area contributed by atoms with Crippen LogP contribution in [0.3, 0.4) is 0 Å². The highest BCUT2D eigenvalue weighted by molar-refractivity contribution is 5.75. The molecule has 4 heteroatoms. The lowest BCUT2D eigenvalue weighted by Crippen LogP contribution is -2.42. The first-order valence-electron chi connectivity index (χ1n) is 5.47. The van der Waals surface area contributed by atoms with Gasteiger partial charge in [0.2, 0.25) is 5.91 Å². The maximum absolute atomic E-state index is 10.9. The minimum atomic E-state index is -0.215. The Morgan fingerprint density at radius 2 is 2.43 bits per heavy atom. The fourth-order valence-electron chi connectivity index (χ4n) is 1.90. The Kier molecular flexibility index (Phi) is 4.90. The molecule has 0 spiro atoms. The van der Waals surface area contributed by atoms with Crippen molar-refractivity contribution in [1.29, 1.82) is 0 Å². The van der Waals surface area contributed by atoms with E-state index in [1.165, 1.54) is 0 Å². The highest BCUT2D eigenvalue weighted by Crippen LogP contribution is 2.09. The Bertz CT molecular complexity index is 178. The Hall–Kier alpha value is -0.610. The number of unbranched alkanes of at least 4 members (excludes halogenated alkanes) is 1. The van der Waals surface area contributed by atoms with Crippen molar-refractivity contribution in [2.75, 3.05) is 26.2 Å². The van der Waals surface area contributed by atoms with Crippen molar-refractivity contribution in [2.45, 2.75) is 32.2 Å². The Labute approximate surface area is 85.8 Å². The first-order valence-corrected chi connectivity index (χ1v) is 5.47. The van der Waals surface area contributed by atoms with Gasteiger partial charge in [0.15, 0.2) is 0 Å². The second kappa shape index (κ2) is 5.98. The summed E-state index contributed by atoms with van der Waals surface area (Å²) in [5.74, 6) is -0.215. The third-order valence-electron chi connectivity index (χ3n) is 2.71. The van der Waals surface area contributed by atoms with Crippen LogP contribution in [-0.2, 0) is 4.79 Å². The van der Waals surface area contributed by atoms with Crippen LogP contribution in [-0.4, -0.2) is 43.0 Å². The standard InChI is InChI=1S/C10H21N3O/c1-2-3-6-13(8-10(11)14)9-4-5-12-7-9/h9,12H,2-8H2,1H3,(H2,11,14). The quantitative estimate of drug-likeness (QED) is 0.630. The number of carbonyl (C=O) groups is 1. The van der Waals surface area contributed by atoms with Gasteiger partial charge in [0.05, 0.1) is 6.54 Å². The number of primary amides is 1. The van der Waals surface area contributed by atoms with Crippen LogP contribution in [0.4, 0.5) is 0 Å². The molecule has 1 aliphatic rings. The fourth-order valence-corrected chi connectivity index (χ4v) is 1.90. The SMILES string of the molecule is CCCCN(CC(N)=O)C1CCNC1. The Morgan fingerprint density at radius 1 is 1.64 bits per heavy atom. The molecule has 0 aliphatic carbocycles. The maximum atomic E-state index is 10.9. The van der Waals surface area contributed by atoms with Gasteiger partial charge in [0.25, 0.3) is 0 Å². The number of carbonyl (C=O) groups excluding carboxylic acids is 1. The number of hydrogen-bond donors (Lipinski definition) is 2. The minimum absolute atomic E-state index is 0.215. The molecule has 82 valence electrons. The number of nitrogens with zero attached hydrogens (tertiary/aromatic N) is 1. The molecule has 14 heavy (non-hydrogen) atoms. The van der Waals surface area contributed by atoms with E-state index in [9.17, 15) is 4.79 Å². The molecule has 0 aromatic carbocycles. The van der Waals surface area contributed by atoms with Crippen LogP contribution in [0.2, 0.25) is 0 Å². The zero-order valence-electron chi connectivity index (χ0n) is 8.96. The maximum Gasteiger partial charge on any atom is 0.231 e. The average Bonchev–Trinajstić information content (AvgIpc) is 2.64. The van der Waals surface area contributed by atoms with Crippen LogP contribution in [0.1, 0.15) is 26.2 Å². The zero-order valence-corrected chi connectivity index (χ0v) is 8.96. The molecule has 0 aromatic rings. The molecule has 0 saturated carbocycles. The zero-order chi connectivity index (χ0) is 10.4. The van der Waals surface area contributed by atoms with Crippen molar-refractivity contribution >= 4 is 5.91 Å². The second-order valence-electron chi connectivity index (χ2n) is 3.94. The van der Waals surface area contributed by atoms with Crippen LogP contribution in [0.25, 0.3) is 0 Å². The smallest absolute Gasteiger partial charge is 0.231 e. The van der Waals surface area contributed by atoms with Crippen molar-refractivity contribution < 1.29 is 4.79 Å². The molecule has 0 radical (unpaired) electrons. The van der Waals surface area contributed by atoms with Gasteiger partial charge < -0.3 is 11.1 Å². The van der Waals surface area contributed by atoms with Gasteiger partial charge in [-0.05, 0) is 25.9 Å². The van der Waals surface area contributed by atoms with E-state index >= 15 is 0 Å². The molecule has 0 aromatic heterocycles. The average molecular weight is 199 g/mol. The number of nitrogens with two attached hydrogens (primary N) is 1. The second-order valence-corrected chi connectivity index (χ2v) is 3.94. The molecule has 1 rings (SSSR count). The third-order valence-corrected chi connectivity index (χ3v) is 2.71. The van der Waals surface area contributed by atoms with E-state index < -0.39 is 0 Å². The van der Waals surface area contributed by atoms with Crippen molar-refractivity contribution in [1.82, 2.24) is 10.2 Å². The number of amides is 1. The van der Waals surface area contributed by atoms with E-state index in [0.717, 1.165) is 38.9 Å². The minimum Gasteiger partial charge on any atom is -0.369 e. The summed E-state index contributed by atoms with van der Waals surface area (Å²) in [6.07, 6.45) is 3.44. The highest BCUT2D eigenvalue weighted by Gasteiger charge is 2.22. The van der Waals surface area contributed by atoms with E-state index in [-0.39, 0.29) is 5.91 Å². The molecule has 1 heterocycles. The van der Waals surface area contributed by atoms with Gasteiger partial charge in [-0.15, -0.1) is 0 Å². The molecule has 1 unspecified atom stereocenters. The first-order chi connectivity index (χ1) is 6.74. The Balaban J connectivity index is 2.37. The van der Waals surface area contributed by atoms with Gasteiger partial charge in [-0.3, -0.25) is 9.69 Å². The summed E-state index contributed by atoms with van der Waals surface area (Å²) in [4.78, 5) is 13.1. The van der Waals surface area contributed by atoms with Gasteiger partial charge in [0, 0.05) is 12.6 Å². The molecule has 1 saturated heterocycles. The van der Waals surface area contributed by atoms with Crippen molar-refractivity contribution in [3.05, 3.63) is 0 Å². The first kappa shape index (κ1) is 11.5. The van der Waals surface area contributed by atoms with E-state index in [4.69, 9.17) is 5.73 Å². The lowest BCUT2D eigenvalue weighted by atomic mass is 10.2. The van der Waals surface area contributed by atoms with E-state index in [0.29, 0.717) is 12.6 Å². The summed E-state index contributed by atoms with van der Waals surface area (Å²) in [5.41, 5.74) is 5.23. The lowest BCUT2D eigenvalue weighted by molar-refractivity contribution is -0.119. The summed E-state index contributed by atoms with van der Waals surface area (Å²) in [7, 11) is 0. The van der Waals surface area contributed by atoms with E-state index in [2.05, 4.69) is 17.1 Å². The van der Waals surface area contributed by atoms with Crippen LogP contribution < -0.4 is 11.1 Å². The van der Waals surface area contributed by atoms with Crippen LogP contribution in [0, 0.1) is 0 Å². The predicted molar refractivity (Wildman–Crippen MR) is 57.0 cm³/mol. The van der Waals surface area contributed by atoms with Gasteiger partial charge in [0.1, 0.15) is 0 Å². The lowest BCUT2D eigenvalue weighted by Gasteiger charge is -2.26. The molecular weight excluding hydrogens is 178 g/mol. The largest absolute Gasteiger partial charge is 0.369 e. The molecule has 0 bridgehead atoms. The number of hydrogen-bond acceptors (Lipinski definition) is 3. The number of nitrogens with one attached hydrogen (secondary N) is 1. The summed E-state index contributed by atoms with van der Waals surface area (Å²) in [5, 5.41) is 3.31. The monoisotopic (exact) mass is 199 g/mol. The van der Waals surface area contributed by atoms with Crippen molar-refractivity contribution in [2.24, 2.45) is 5.73 Å². The van der Waals surface area contributed by atoms with Gasteiger partial charge in [-0.2, -0.15) is 0 Å². The van der Waals surface area contributed by atoms with E-state index in [1.807, 2.05) is 0 Å². The molecule has 1 atom stereocenters. The molecule has 1 aliphatic heterocycles. The van der Waals surface area contributed by atoms with Crippen molar-refractivity contribution in [3.63, 3.8) is 0 Å². The summed E-state index contributed by atoms with van der Waals surface area (Å²) >= 11 is 0. The summed E-state index contributed by atoms with van der Waals surface area (Å²) in [6, 6.07) is 0.508. The van der Waals surface area contributed by atoms with Gasteiger partial charge in [-0.1, -0.05) is 13.3 Å². The topological polar surface area (TPSA) is 58.4 Å². The fraction of sp³-hybridized carbons (Fsp3) is 0.900. The predicted octanol–water partition coefficient (Wildman–Crippen LogP) is -0.0643. The normalized spacial score (nSPS) is 21.7. The molecule has 3 N–H and O–H groups in total. The van der Waals surface area contributed by atoms with Crippen LogP contribution in [0.5, 0.6) is 0 Å². The highest BCUT2D eigenvalue weighted by atomic mass is 16.1. The summed E-state index contributed by atoms with van der Waals surface area (Å²) in [6.45, 7) is 5.62. The van der Waals surface area contributed by atoms with Crippen LogP contribution in [0.15, 0.2) is 0 Å². The Morgan fingerprint density at radius 3 is 2.93 bits per heavy atom. The van der Waals surface area contributed by atoms with Gasteiger partial charge >= 0.3 is 0 Å². The molecule has 1 amide bonds.